The molecule has 0 fully saturated rings. The lowest BCUT2D eigenvalue weighted by Gasteiger charge is -2.05. The summed E-state index contributed by atoms with van der Waals surface area (Å²) >= 11 is 6.19. The van der Waals surface area contributed by atoms with E-state index in [2.05, 4.69) is 31.9 Å². The van der Waals surface area contributed by atoms with Crippen molar-refractivity contribution >= 4 is 37.6 Å². The predicted molar refractivity (Wildman–Crippen MR) is 71.6 cm³/mol. The lowest BCUT2D eigenvalue weighted by Crippen LogP contribution is -2.07. The largest absolute Gasteiger partial charge is 0.288 e. The molecule has 0 radical (unpaired) electrons. The second kappa shape index (κ2) is 5.28. The van der Waals surface area contributed by atoms with E-state index in [1.54, 1.807) is 12.1 Å². The molecule has 0 atom stereocenters. The third kappa shape index (κ3) is 2.67. The topological polar surface area (TPSA) is 17.1 Å². The second-order valence-electron chi connectivity index (χ2n) is 3.58. The third-order valence-electron chi connectivity index (χ3n) is 2.34. The van der Waals surface area contributed by atoms with Gasteiger partial charge in [0, 0.05) is 14.5 Å². The van der Waals surface area contributed by atoms with E-state index in [4.69, 9.17) is 0 Å². The van der Waals surface area contributed by atoms with E-state index in [-0.39, 0.29) is 10.0 Å². The van der Waals surface area contributed by atoms with Gasteiger partial charge in [0.25, 0.3) is 0 Å². The van der Waals surface area contributed by atoms with Crippen molar-refractivity contribution in [3.8, 4) is 0 Å². The van der Waals surface area contributed by atoms with Gasteiger partial charge in [-0.1, -0.05) is 31.9 Å². The highest BCUT2D eigenvalue weighted by molar-refractivity contribution is 9.10. The zero-order valence-corrected chi connectivity index (χ0v) is 12.1. The molecule has 2 rings (SSSR count). The van der Waals surface area contributed by atoms with Gasteiger partial charge in [0.2, 0.25) is 0 Å². The van der Waals surface area contributed by atoms with Crippen molar-refractivity contribution in [1.82, 2.24) is 0 Å². The maximum atomic E-state index is 13.6. The fourth-order valence-electron chi connectivity index (χ4n) is 1.50. The van der Waals surface area contributed by atoms with Crippen molar-refractivity contribution in [2.45, 2.75) is 0 Å². The molecule has 0 N–H and O–H groups in total. The summed E-state index contributed by atoms with van der Waals surface area (Å²) in [6.07, 6.45) is 0. The highest BCUT2D eigenvalue weighted by Gasteiger charge is 2.19. The van der Waals surface area contributed by atoms with Crippen molar-refractivity contribution in [2.75, 3.05) is 0 Å². The average Bonchev–Trinajstić information content (AvgIpc) is 2.28. The van der Waals surface area contributed by atoms with Crippen LogP contribution in [0.4, 0.5) is 8.78 Å². The van der Waals surface area contributed by atoms with Gasteiger partial charge < -0.3 is 0 Å². The van der Waals surface area contributed by atoms with Gasteiger partial charge >= 0.3 is 0 Å². The Labute approximate surface area is 119 Å². The summed E-state index contributed by atoms with van der Waals surface area (Å²) in [7, 11) is 0. The second-order valence-corrected chi connectivity index (χ2v) is 5.41. The number of carbonyl (C=O) groups is 1. The Morgan fingerprint density at radius 2 is 1.39 bits per heavy atom. The van der Waals surface area contributed by atoms with E-state index in [1.165, 1.54) is 12.1 Å². The minimum absolute atomic E-state index is 0.235. The van der Waals surface area contributed by atoms with Crippen LogP contribution in [0.25, 0.3) is 0 Å². The van der Waals surface area contributed by atoms with Crippen LogP contribution in [-0.2, 0) is 0 Å². The molecule has 0 aromatic heterocycles. The highest BCUT2D eigenvalue weighted by Crippen LogP contribution is 2.22. The number of halogens is 4. The summed E-state index contributed by atoms with van der Waals surface area (Å²) in [4.78, 5) is 12.0. The summed E-state index contributed by atoms with van der Waals surface area (Å²) in [6.45, 7) is 0. The monoisotopic (exact) mass is 374 g/mol. The van der Waals surface area contributed by atoms with E-state index < -0.39 is 23.0 Å². The molecule has 0 saturated carbocycles. The number of ketones is 1. The van der Waals surface area contributed by atoms with E-state index in [0.29, 0.717) is 0 Å². The molecule has 0 unspecified atom stereocenters. The SMILES string of the molecule is O=C(c1ccc(Br)cc1)c1c(F)cc(Br)cc1F. The number of hydrogen-bond donors (Lipinski definition) is 0. The van der Waals surface area contributed by atoms with Gasteiger partial charge in [-0.05, 0) is 36.4 Å². The summed E-state index contributed by atoms with van der Waals surface area (Å²) < 4.78 is 28.3. The van der Waals surface area contributed by atoms with Crippen LogP contribution in [0.2, 0.25) is 0 Å². The van der Waals surface area contributed by atoms with Gasteiger partial charge in [-0.2, -0.15) is 0 Å². The number of rotatable bonds is 2. The van der Waals surface area contributed by atoms with E-state index >= 15 is 0 Å². The first-order valence-electron chi connectivity index (χ1n) is 4.94. The zero-order chi connectivity index (χ0) is 13.3. The third-order valence-corrected chi connectivity index (χ3v) is 3.33. The standard InChI is InChI=1S/C13H6Br2F2O/c14-8-3-1-7(2-4-8)13(18)12-10(16)5-9(15)6-11(12)17/h1-6H. The highest BCUT2D eigenvalue weighted by atomic mass is 79.9. The van der Waals surface area contributed by atoms with Gasteiger partial charge in [-0.3, -0.25) is 4.79 Å². The number of benzene rings is 2. The van der Waals surface area contributed by atoms with Gasteiger partial charge in [0.05, 0.1) is 5.56 Å². The quantitative estimate of drug-likeness (QED) is 0.694. The lowest BCUT2D eigenvalue weighted by atomic mass is 10.0. The van der Waals surface area contributed by atoms with Crippen molar-refractivity contribution in [1.29, 1.82) is 0 Å². The van der Waals surface area contributed by atoms with E-state index in [9.17, 15) is 13.6 Å². The Bertz CT molecular complexity index is 586. The molecular formula is C13H6Br2F2O. The Balaban J connectivity index is 2.49. The van der Waals surface area contributed by atoms with Crippen molar-refractivity contribution in [3.63, 3.8) is 0 Å². The van der Waals surface area contributed by atoms with Crippen LogP contribution in [0.15, 0.2) is 45.3 Å². The fraction of sp³-hybridized carbons (Fsp3) is 0. The molecule has 0 saturated heterocycles. The van der Waals surface area contributed by atoms with E-state index in [0.717, 1.165) is 16.6 Å². The first-order valence-corrected chi connectivity index (χ1v) is 6.52. The summed E-state index contributed by atoms with van der Waals surface area (Å²) in [5, 5.41) is 0. The number of carbonyl (C=O) groups excluding carboxylic acids is 1. The van der Waals surface area contributed by atoms with Crippen LogP contribution in [0, 0.1) is 11.6 Å². The van der Waals surface area contributed by atoms with Crippen LogP contribution in [0.1, 0.15) is 15.9 Å². The molecule has 92 valence electrons. The average molecular weight is 376 g/mol. The van der Waals surface area contributed by atoms with Gasteiger partial charge in [0.15, 0.2) is 5.78 Å². The molecule has 5 heteroatoms. The maximum Gasteiger partial charge on any atom is 0.198 e. The smallest absolute Gasteiger partial charge is 0.198 e. The summed E-state index contributed by atoms with van der Waals surface area (Å²) in [6, 6.07) is 8.43. The molecule has 0 aliphatic carbocycles. The van der Waals surface area contributed by atoms with Crippen LogP contribution in [0.3, 0.4) is 0 Å². The van der Waals surface area contributed by atoms with Gasteiger partial charge in [-0.25, -0.2) is 8.78 Å². The summed E-state index contributed by atoms with van der Waals surface area (Å²) in [5.41, 5.74) is -0.307. The Kier molecular flexibility index (Phi) is 3.92. The van der Waals surface area contributed by atoms with Gasteiger partial charge in [0.1, 0.15) is 11.6 Å². The molecule has 2 aromatic carbocycles. The Morgan fingerprint density at radius 1 is 0.889 bits per heavy atom. The van der Waals surface area contributed by atoms with Crippen molar-refractivity contribution < 1.29 is 13.6 Å². The first kappa shape index (κ1) is 13.4. The molecule has 0 spiro atoms. The van der Waals surface area contributed by atoms with Crippen molar-refractivity contribution in [3.05, 3.63) is 68.1 Å². The van der Waals surface area contributed by atoms with Crippen LogP contribution < -0.4 is 0 Å². The fourth-order valence-corrected chi connectivity index (χ4v) is 2.17. The zero-order valence-electron chi connectivity index (χ0n) is 8.88. The molecular weight excluding hydrogens is 370 g/mol. The molecule has 0 aliphatic heterocycles. The first-order chi connectivity index (χ1) is 8.49. The molecule has 0 aliphatic rings. The molecule has 0 bridgehead atoms. The normalized spacial score (nSPS) is 10.4. The molecule has 18 heavy (non-hydrogen) atoms. The minimum atomic E-state index is -0.880. The predicted octanol–water partition coefficient (Wildman–Crippen LogP) is 4.72. The van der Waals surface area contributed by atoms with Crippen LogP contribution >= 0.6 is 31.9 Å². The van der Waals surface area contributed by atoms with E-state index in [1.807, 2.05) is 0 Å². The minimum Gasteiger partial charge on any atom is -0.288 e. The van der Waals surface area contributed by atoms with Gasteiger partial charge in [-0.15, -0.1) is 0 Å². The number of hydrogen-bond acceptors (Lipinski definition) is 1. The van der Waals surface area contributed by atoms with Crippen LogP contribution in [0.5, 0.6) is 0 Å². The summed E-state index contributed by atoms with van der Waals surface area (Å²) in [5.74, 6) is -2.44. The maximum absolute atomic E-state index is 13.6. The molecule has 2 aromatic rings. The Hall–Kier alpha value is -1.07. The molecule has 0 amide bonds. The van der Waals surface area contributed by atoms with Crippen molar-refractivity contribution in [2.24, 2.45) is 0 Å². The van der Waals surface area contributed by atoms with Crippen LogP contribution in [-0.4, -0.2) is 5.78 Å². The molecule has 0 heterocycles. The Morgan fingerprint density at radius 3 is 1.89 bits per heavy atom. The lowest BCUT2D eigenvalue weighted by molar-refractivity contribution is 0.103. The molecule has 1 nitrogen and oxygen atoms in total.